The second-order valence-corrected chi connectivity index (χ2v) is 6.46. The van der Waals surface area contributed by atoms with Crippen LogP contribution in [-0.4, -0.2) is 32.6 Å². The zero-order chi connectivity index (χ0) is 14.8. The quantitative estimate of drug-likeness (QED) is 0.861. The Morgan fingerprint density at radius 1 is 1.35 bits per heavy atom. The summed E-state index contributed by atoms with van der Waals surface area (Å²) in [7, 11) is -2.38. The molecule has 1 aromatic rings. The minimum absolute atomic E-state index is 0.0123. The maximum absolute atomic E-state index is 12.3. The van der Waals surface area contributed by atoms with Crippen LogP contribution in [0.2, 0.25) is 0 Å². The maximum Gasteiger partial charge on any atom is 0.335 e. The van der Waals surface area contributed by atoms with Crippen molar-refractivity contribution in [2.45, 2.75) is 36.6 Å². The fourth-order valence-corrected chi connectivity index (χ4v) is 3.81. The van der Waals surface area contributed by atoms with Crippen LogP contribution in [0.25, 0.3) is 0 Å². The van der Waals surface area contributed by atoms with Crippen LogP contribution in [0.1, 0.15) is 36.0 Å². The molecule has 1 aromatic carbocycles. The Hall–Kier alpha value is -1.60. The Bertz CT molecular complexity index is 605. The molecular formula is C13H17NO5S. The zero-order valence-corrected chi connectivity index (χ0v) is 11.9. The molecule has 2 rings (SSSR count). The van der Waals surface area contributed by atoms with Gasteiger partial charge in [-0.3, -0.25) is 0 Å². The van der Waals surface area contributed by atoms with Gasteiger partial charge in [0.15, 0.2) is 0 Å². The first-order valence-electron chi connectivity index (χ1n) is 6.37. The van der Waals surface area contributed by atoms with Crippen molar-refractivity contribution in [3.05, 3.63) is 23.8 Å². The number of sulfonamides is 1. The predicted molar refractivity (Wildman–Crippen MR) is 72.5 cm³/mol. The van der Waals surface area contributed by atoms with Crippen LogP contribution in [0.4, 0.5) is 0 Å². The lowest BCUT2D eigenvalue weighted by Crippen LogP contribution is -2.32. The van der Waals surface area contributed by atoms with E-state index in [1.165, 1.54) is 25.3 Å². The van der Waals surface area contributed by atoms with Crippen LogP contribution in [0, 0.1) is 0 Å². The van der Waals surface area contributed by atoms with Gasteiger partial charge in [0.1, 0.15) is 10.6 Å². The number of nitrogens with one attached hydrogen (secondary N) is 1. The van der Waals surface area contributed by atoms with Crippen LogP contribution in [0.5, 0.6) is 5.75 Å². The first kappa shape index (κ1) is 14.8. The fraction of sp³-hybridized carbons (Fsp3) is 0.462. The van der Waals surface area contributed by atoms with Crippen molar-refractivity contribution < 1.29 is 23.1 Å². The Morgan fingerprint density at radius 3 is 2.55 bits per heavy atom. The molecule has 0 radical (unpaired) electrons. The predicted octanol–water partition coefficient (Wildman–Crippen LogP) is 1.61. The summed E-state index contributed by atoms with van der Waals surface area (Å²) in [6.45, 7) is 0. The Morgan fingerprint density at radius 2 is 2.00 bits per heavy atom. The number of hydrogen-bond acceptors (Lipinski definition) is 4. The van der Waals surface area contributed by atoms with Gasteiger partial charge in [0.2, 0.25) is 10.0 Å². The highest BCUT2D eigenvalue weighted by atomic mass is 32.2. The van der Waals surface area contributed by atoms with Crippen LogP contribution >= 0.6 is 0 Å². The van der Waals surface area contributed by atoms with Gasteiger partial charge in [0, 0.05) is 6.04 Å². The largest absolute Gasteiger partial charge is 0.495 e. The van der Waals surface area contributed by atoms with E-state index in [-0.39, 0.29) is 22.3 Å². The van der Waals surface area contributed by atoms with E-state index in [9.17, 15) is 13.2 Å². The molecule has 1 aliphatic rings. The van der Waals surface area contributed by atoms with Crippen LogP contribution in [0.15, 0.2) is 23.1 Å². The third-order valence-corrected chi connectivity index (χ3v) is 4.94. The second kappa shape index (κ2) is 5.80. The first-order valence-corrected chi connectivity index (χ1v) is 7.86. The van der Waals surface area contributed by atoms with E-state index in [0.29, 0.717) is 0 Å². The van der Waals surface area contributed by atoms with Crippen molar-refractivity contribution in [2.24, 2.45) is 0 Å². The molecule has 0 spiro atoms. The van der Waals surface area contributed by atoms with Gasteiger partial charge >= 0.3 is 5.97 Å². The average molecular weight is 299 g/mol. The lowest BCUT2D eigenvalue weighted by molar-refractivity contribution is 0.0696. The molecule has 0 unspecified atom stereocenters. The molecule has 1 aliphatic carbocycles. The number of methoxy groups -OCH3 is 1. The average Bonchev–Trinajstić information content (AvgIpc) is 2.89. The van der Waals surface area contributed by atoms with Gasteiger partial charge in [0.05, 0.1) is 12.7 Å². The molecule has 0 amide bonds. The molecule has 7 heteroatoms. The first-order chi connectivity index (χ1) is 9.44. The minimum atomic E-state index is -3.70. The van der Waals surface area contributed by atoms with Crippen molar-refractivity contribution >= 4 is 16.0 Å². The SMILES string of the molecule is COc1cc(C(=O)O)ccc1S(=O)(=O)NC1CCCC1. The molecule has 20 heavy (non-hydrogen) atoms. The second-order valence-electron chi connectivity index (χ2n) is 4.77. The van der Waals surface area contributed by atoms with E-state index in [2.05, 4.69) is 4.72 Å². The van der Waals surface area contributed by atoms with Gasteiger partial charge in [-0.15, -0.1) is 0 Å². The van der Waals surface area contributed by atoms with Crippen molar-refractivity contribution in [2.75, 3.05) is 7.11 Å². The number of ether oxygens (including phenoxy) is 1. The molecule has 0 aromatic heterocycles. The van der Waals surface area contributed by atoms with E-state index >= 15 is 0 Å². The normalized spacial score (nSPS) is 16.2. The molecule has 0 bridgehead atoms. The van der Waals surface area contributed by atoms with Gasteiger partial charge < -0.3 is 9.84 Å². The summed E-state index contributed by atoms with van der Waals surface area (Å²) >= 11 is 0. The third-order valence-electron chi connectivity index (χ3n) is 3.38. The summed E-state index contributed by atoms with van der Waals surface area (Å²) in [5, 5.41) is 8.91. The fourth-order valence-electron chi connectivity index (χ4n) is 2.35. The standard InChI is InChI=1S/C13H17NO5S/c1-19-11-8-9(13(15)16)6-7-12(11)20(17,18)14-10-4-2-3-5-10/h6-8,10,14H,2-5H2,1H3,(H,15,16). The summed E-state index contributed by atoms with van der Waals surface area (Å²) in [6, 6.07) is 3.68. The molecule has 6 nitrogen and oxygen atoms in total. The van der Waals surface area contributed by atoms with Crippen molar-refractivity contribution in [1.29, 1.82) is 0 Å². The molecule has 0 saturated heterocycles. The van der Waals surface area contributed by atoms with E-state index in [1.807, 2.05) is 0 Å². The summed E-state index contributed by atoms with van der Waals surface area (Å²) < 4.78 is 32.3. The van der Waals surface area contributed by atoms with Crippen LogP contribution in [0.3, 0.4) is 0 Å². The minimum Gasteiger partial charge on any atom is -0.495 e. The lowest BCUT2D eigenvalue weighted by atomic mass is 10.2. The number of aromatic carboxylic acids is 1. The number of carboxylic acid groups (broad SMARTS) is 1. The van der Waals surface area contributed by atoms with Gasteiger partial charge in [-0.05, 0) is 31.0 Å². The van der Waals surface area contributed by atoms with Gasteiger partial charge in [-0.1, -0.05) is 12.8 Å². The monoisotopic (exact) mass is 299 g/mol. The van der Waals surface area contributed by atoms with Gasteiger partial charge in [-0.25, -0.2) is 17.9 Å². The van der Waals surface area contributed by atoms with Crippen molar-refractivity contribution in [3.63, 3.8) is 0 Å². The van der Waals surface area contributed by atoms with E-state index in [4.69, 9.17) is 9.84 Å². The van der Waals surface area contributed by atoms with E-state index in [0.717, 1.165) is 25.7 Å². The number of rotatable bonds is 5. The summed E-state index contributed by atoms with van der Waals surface area (Å²) in [6.07, 6.45) is 3.69. The van der Waals surface area contributed by atoms with Crippen LogP contribution in [-0.2, 0) is 10.0 Å². The van der Waals surface area contributed by atoms with Gasteiger partial charge in [0.25, 0.3) is 0 Å². The molecule has 0 aliphatic heterocycles. The van der Waals surface area contributed by atoms with E-state index < -0.39 is 16.0 Å². The highest BCUT2D eigenvalue weighted by Crippen LogP contribution is 2.27. The summed E-state index contributed by atoms with van der Waals surface area (Å²) in [5.41, 5.74) is -0.0123. The molecule has 2 N–H and O–H groups in total. The molecular weight excluding hydrogens is 282 g/mol. The molecule has 110 valence electrons. The highest BCUT2D eigenvalue weighted by Gasteiger charge is 2.26. The number of benzene rings is 1. The Balaban J connectivity index is 2.32. The zero-order valence-electron chi connectivity index (χ0n) is 11.1. The third kappa shape index (κ3) is 3.10. The molecule has 1 saturated carbocycles. The summed E-state index contributed by atoms with van der Waals surface area (Å²) in [4.78, 5) is 10.9. The molecule has 0 heterocycles. The van der Waals surface area contributed by atoms with Crippen molar-refractivity contribution in [3.8, 4) is 5.75 Å². The smallest absolute Gasteiger partial charge is 0.335 e. The van der Waals surface area contributed by atoms with Crippen molar-refractivity contribution in [1.82, 2.24) is 4.72 Å². The summed E-state index contributed by atoms with van der Waals surface area (Å²) in [5.74, 6) is -1.09. The lowest BCUT2D eigenvalue weighted by Gasteiger charge is -2.15. The van der Waals surface area contributed by atoms with E-state index in [1.54, 1.807) is 0 Å². The molecule has 0 atom stereocenters. The van der Waals surface area contributed by atoms with Crippen LogP contribution < -0.4 is 9.46 Å². The number of carboxylic acids is 1. The Labute approximate surface area is 117 Å². The molecule has 1 fully saturated rings. The number of carbonyl (C=O) groups is 1. The maximum atomic E-state index is 12.3. The number of hydrogen-bond donors (Lipinski definition) is 2. The topological polar surface area (TPSA) is 92.7 Å². The Kier molecular flexibility index (Phi) is 4.29. The highest BCUT2D eigenvalue weighted by molar-refractivity contribution is 7.89. The van der Waals surface area contributed by atoms with Gasteiger partial charge in [-0.2, -0.15) is 0 Å².